The summed E-state index contributed by atoms with van der Waals surface area (Å²) in [7, 11) is 3.38. The average Bonchev–Trinajstić information content (AvgIpc) is 2.55. The Bertz CT molecular complexity index is 624. The van der Waals surface area contributed by atoms with Crippen LogP contribution in [-0.4, -0.2) is 20.8 Å². The predicted molar refractivity (Wildman–Crippen MR) is 84.1 cm³/mol. The lowest BCUT2D eigenvalue weighted by Gasteiger charge is -2.27. The Kier molecular flexibility index (Phi) is 4.11. The molecule has 3 heteroatoms. The second kappa shape index (κ2) is 6.19. The smallest absolute Gasteiger partial charge is 0.125 e. The van der Waals surface area contributed by atoms with Crippen molar-refractivity contribution in [2.24, 2.45) is 0 Å². The highest BCUT2D eigenvalue weighted by molar-refractivity contribution is 5.42. The van der Waals surface area contributed by atoms with Crippen LogP contribution in [-0.2, 0) is 12.8 Å². The molecule has 1 unspecified atom stereocenters. The number of hydrogen-bond donors (Lipinski definition) is 1. The molecule has 1 aliphatic rings. The predicted octanol–water partition coefficient (Wildman–Crippen LogP) is 3.13. The van der Waals surface area contributed by atoms with Gasteiger partial charge in [0.05, 0.1) is 14.2 Å². The van der Waals surface area contributed by atoms with E-state index in [1.165, 1.54) is 16.7 Å². The zero-order valence-electron chi connectivity index (χ0n) is 12.6. The molecule has 3 nitrogen and oxygen atoms in total. The molecule has 110 valence electrons. The minimum Gasteiger partial charge on any atom is -0.497 e. The van der Waals surface area contributed by atoms with Crippen molar-refractivity contribution in [3.63, 3.8) is 0 Å². The highest BCUT2D eigenvalue weighted by atomic mass is 16.5. The third-order valence-electron chi connectivity index (χ3n) is 4.13. The molecular weight excluding hydrogens is 262 g/mol. The number of fused-ring (bicyclic) bond motifs is 1. The molecule has 2 aromatic rings. The summed E-state index contributed by atoms with van der Waals surface area (Å²) in [6, 6.07) is 15.1. The highest BCUT2D eigenvalue weighted by Gasteiger charge is 2.20. The van der Waals surface area contributed by atoms with Crippen molar-refractivity contribution in [1.29, 1.82) is 0 Å². The molecule has 1 atom stereocenters. The van der Waals surface area contributed by atoms with Gasteiger partial charge in [-0.25, -0.2) is 0 Å². The molecule has 0 aromatic heterocycles. The van der Waals surface area contributed by atoms with Gasteiger partial charge in [-0.3, -0.25) is 0 Å². The normalized spacial score (nSPS) is 17.1. The first-order valence-electron chi connectivity index (χ1n) is 7.34. The molecule has 0 spiro atoms. The Morgan fingerprint density at radius 3 is 2.76 bits per heavy atom. The van der Waals surface area contributed by atoms with Crippen LogP contribution in [0.3, 0.4) is 0 Å². The van der Waals surface area contributed by atoms with Gasteiger partial charge >= 0.3 is 0 Å². The second-order valence-corrected chi connectivity index (χ2v) is 5.34. The van der Waals surface area contributed by atoms with E-state index in [0.29, 0.717) is 6.04 Å². The van der Waals surface area contributed by atoms with Crippen molar-refractivity contribution in [3.05, 3.63) is 59.2 Å². The Morgan fingerprint density at radius 2 is 1.95 bits per heavy atom. The molecule has 0 radical (unpaired) electrons. The van der Waals surface area contributed by atoms with E-state index in [4.69, 9.17) is 9.47 Å². The van der Waals surface area contributed by atoms with Crippen LogP contribution in [0, 0.1) is 0 Å². The molecule has 0 amide bonds. The van der Waals surface area contributed by atoms with Crippen LogP contribution in [0.15, 0.2) is 42.5 Å². The lowest BCUT2D eigenvalue weighted by Crippen LogP contribution is -2.31. The monoisotopic (exact) mass is 283 g/mol. The fourth-order valence-corrected chi connectivity index (χ4v) is 3.02. The molecule has 0 saturated carbocycles. The number of nitrogens with one attached hydrogen (secondary N) is 1. The topological polar surface area (TPSA) is 30.5 Å². The lowest BCUT2D eigenvalue weighted by atomic mass is 9.90. The van der Waals surface area contributed by atoms with Crippen LogP contribution in [0.4, 0.5) is 0 Å². The summed E-state index contributed by atoms with van der Waals surface area (Å²) in [5.74, 6) is 1.71. The molecule has 1 aliphatic heterocycles. The Morgan fingerprint density at radius 1 is 1.10 bits per heavy atom. The number of methoxy groups -OCH3 is 2. The minimum absolute atomic E-state index is 0.345. The molecule has 0 aliphatic carbocycles. The van der Waals surface area contributed by atoms with Gasteiger partial charge in [0.1, 0.15) is 11.5 Å². The first-order chi connectivity index (χ1) is 10.3. The van der Waals surface area contributed by atoms with E-state index in [1.807, 2.05) is 12.1 Å². The number of ether oxygens (including phenoxy) is 2. The van der Waals surface area contributed by atoms with Crippen LogP contribution < -0.4 is 14.8 Å². The van der Waals surface area contributed by atoms with Crippen molar-refractivity contribution in [3.8, 4) is 11.5 Å². The van der Waals surface area contributed by atoms with Crippen molar-refractivity contribution in [2.45, 2.75) is 18.9 Å². The van der Waals surface area contributed by atoms with Gasteiger partial charge < -0.3 is 14.8 Å². The van der Waals surface area contributed by atoms with E-state index >= 15 is 0 Å². The standard InChI is InChI=1S/C18H21NO2/c1-20-15-8-7-14(18(12-15)21-2)11-17-16-6-4-3-5-13(16)9-10-19-17/h3-8,12,17,19H,9-11H2,1-2H3. The quantitative estimate of drug-likeness (QED) is 0.935. The van der Waals surface area contributed by atoms with Crippen molar-refractivity contribution in [2.75, 3.05) is 20.8 Å². The molecule has 0 saturated heterocycles. The fourth-order valence-electron chi connectivity index (χ4n) is 3.02. The van der Waals surface area contributed by atoms with Crippen LogP contribution in [0.2, 0.25) is 0 Å². The van der Waals surface area contributed by atoms with Gasteiger partial charge in [0.15, 0.2) is 0 Å². The van der Waals surface area contributed by atoms with E-state index in [9.17, 15) is 0 Å². The van der Waals surface area contributed by atoms with Gasteiger partial charge in [0.2, 0.25) is 0 Å². The van der Waals surface area contributed by atoms with Gasteiger partial charge in [0.25, 0.3) is 0 Å². The van der Waals surface area contributed by atoms with Gasteiger partial charge in [-0.1, -0.05) is 30.3 Å². The maximum atomic E-state index is 5.51. The lowest BCUT2D eigenvalue weighted by molar-refractivity contribution is 0.387. The van der Waals surface area contributed by atoms with E-state index in [-0.39, 0.29) is 0 Å². The molecular formula is C18H21NO2. The first-order valence-corrected chi connectivity index (χ1v) is 7.34. The largest absolute Gasteiger partial charge is 0.497 e. The molecule has 0 bridgehead atoms. The van der Waals surface area contributed by atoms with E-state index in [0.717, 1.165) is 30.9 Å². The van der Waals surface area contributed by atoms with Crippen molar-refractivity contribution < 1.29 is 9.47 Å². The summed E-state index contributed by atoms with van der Waals surface area (Å²) in [5.41, 5.74) is 4.06. The highest BCUT2D eigenvalue weighted by Crippen LogP contribution is 2.31. The van der Waals surface area contributed by atoms with Gasteiger partial charge in [-0.15, -0.1) is 0 Å². The third-order valence-corrected chi connectivity index (χ3v) is 4.13. The van der Waals surface area contributed by atoms with Crippen LogP contribution >= 0.6 is 0 Å². The maximum Gasteiger partial charge on any atom is 0.125 e. The third kappa shape index (κ3) is 2.88. The first kappa shape index (κ1) is 14.0. The Hall–Kier alpha value is -2.00. The molecule has 1 N–H and O–H groups in total. The molecule has 21 heavy (non-hydrogen) atoms. The fraction of sp³-hybridized carbons (Fsp3) is 0.333. The van der Waals surface area contributed by atoms with Crippen LogP contribution in [0.25, 0.3) is 0 Å². The summed E-state index contributed by atoms with van der Waals surface area (Å²) in [6.07, 6.45) is 2.02. The summed E-state index contributed by atoms with van der Waals surface area (Å²) >= 11 is 0. The van der Waals surface area contributed by atoms with Gasteiger partial charge in [-0.2, -0.15) is 0 Å². The maximum absolute atomic E-state index is 5.51. The zero-order valence-corrected chi connectivity index (χ0v) is 12.6. The van der Waals surface area contributed by atoms with E-state index in [2.05, 4.69) is 35.6 Å². The van der Waals surface area contributed by atoms with Crippen molar-refractivity contribution in [1.82, 2.24) is 5.32 Å². The van der Waals surface area contributed by atoms with Crippen LogP contribution in [0.1, 0.15) is 22.7 Å². The molecule has 0 fully saturated rings. The summed E-state index contributed by atoms with van der Waals surface area (Å²) in [5, 5.41) is 3.62. The average molecular weight is 283 g/mol. The van der Waals surface area contributed by atoms with E-state index in [1.54, 1.807) is 14.2 Å². The van der Waals surface area contributed by atoms with Gasteiger partial charge in [0, 0.05) is 12.1 Å². The SMILES string of the molecule is COc1ccc(CC2NCCc3ccccc32)c(OC)c1. The summed E-state index contributed by atoms with van der Waals surface area (Å²) < 4.78 is 10.8. The molecule has 2 aromatic carbocycles. The summed E-state index contributed by atoms with van der Waals surface area (Å²) in [4.78, 5) is 0. The number of benzene rings is 2. The second-order valence-electron chi connectivity index (χ2n) is 5.34. The van der Waals surface area contributed by atoms with Crippen LogP contribution in [0.5, 0.6) is 11.5 Å². The Balaban J connectivity index is 1.88. The Labute approximate surface area is 125 Å². The van der Waals surface area contributed by atoms with Crippen molar-refractivity contribution >= 4 is 0 Å². The minimum atomic E-state index is 0.345. The number of rotatable bonds is 4. The molecule has 1 heterocycles. The zero-order chi connectivity index (χ0) is 14.7. The van der Waals surface area contributed by atoms with E-state index < -0.39 is 0 Å². The molecule has 3 rings (SSSR count). The van der Waals surface area contributed by atoms with Gasteiger partial charge in [-0.05, 0) is 42.1 Å². The summed E-state index contributed by atoms with van der Waals surface area (Å²) in [6.45, 7) is 1.03. The number of hydrogen-bond acceptors (Lipinski definition) is 3.